The Bertz CT molecular complexity index is 321. The summed E-state index contributed by atoms with van der Waals surface area (Å²) in [6.07, 6.45) is 1.98. The summed E-state index contributed by atoms with van der Waals surface area (Å²) < 4.78 is 5.25. The molecule has 5 nitrogen and oxygen atoms in total. The molecule has 18 heavy (non-hydrogen) atoms. The van der Waals surface area contributed by atoms with Gasteiger partial charge in [-0.1, -0.05) is 13.3 Å². The fourth-order valence-electron chi connectivity index (χ4n) is 2.39. The zero-order valence-corrected chi connectivity index (χ0v) is 11.6. The molecule has 0 aromatic rings. The van der Waals surface area contributed by atoms with Gasteiger partial charge >= 0.3 is 12.1 Å². The molecular weight excluding hydrogens is 234 g/mol. The van der Waals surface area contributed by atoms with Crippen molar-refractivity contribution in [2.24, 2.45) is 5.92 Å². The maximum Gasteiger partial charge on any atom is 0.411 e. The van der Waals surface area contributed by atoms with Crippen LogP contribution < -0.4 is 0 Å². The van der Waals surface area contributed by atoms with E-state index in [1.54, 1.807) is 20.8 Å². The molecule has 2 atom stereocenters. The van der Waals surface area contributed by atoms with Crippen molar-refractivity contribution in [2.75, 3.05) is 6.54 Å². The lowest BCUT2D eigenvalue weighted by atomic mass is 9.95. The maximum absolute atomic E-state index is 12.0. The molecule has 0 spiro atoms. The van der Waals surface area contributed by atoms with E-state index in [1.807, 2.05) is 6.92 Å². The number of carbonyl (C=O) groups is 2. The number of ether oxygens (including phenoxy) is 1. The van der Waals surface area contributed by atoms with E-state index >= 15 is 0 Å². The highest BCUT2D eigenvalue weighted by Gasteiger charge is 2.42. The molecule has 0 aromatic carbocycles. The summed E-state index contributed by atoms with van der Waals surface area (Å²) in [4.78, 5) is 24.6. The molecule has 0 bridgehead atoms. The molecule has 5 heteroatoms. The lowest BCUT2D eigenvalue weighted by molar-refractivity contribution is -0.143. The minimum absolute atomic E-state index is 0.0417. The van der Waals surface area contributed by atoms with E-state index in [9.17, 15) is 14.7 Å². The Morgan fingerprint density at radius 3 is 2.44 bits per heavy atom. The van der Waals surface area contributed by atoms with E-state index in [4.69, 9.17) is 4.74 Å². The van der Waals surface area contributed by atoms with Crippen LogP contribution in [0.5, 0.6) is 0 Å². The van der Waals surface area contributed by atoms with Crippen LogP contribution in [-0.4, -0.2) is 40.3 Å². The van der Waals surface area contributed by atoms with E-state index < -0.39 is 23.7 Å². The highest BCUT2D eigenvalue weighted by molar-refractivity contribution is 5.81. The third-order valence-electron chi connectivity index (χ3n) is 3.06. The van der Waals surface area contributed by atoms with Crippen molar-refractivity contribution in [3.8, 4) is 0 Å². The predicted octanol–water partition coefficient (Wildman–Crippen LogP) is 2.50. The van der Waals surface area contributed by atoms with Crippen LogP contribution in [-0.2, 0) is 9.53 Å². The summed E-state index contributed by atoms with van der Waals surface area (Å²) in [5.41, 5.74) is -0.594. The number of amides is 1. The largest absolute Gasteiger partial charge is 0.480 e. The minimum Gasteiger partial charge on any atom is -0.480 e. The first-order valence-corrected chi connectivity index (χ1v) is 6.48. The average molecular weight is 257 g/mol. The van der Waals surface area contributed by atoms with Crippen molar-refractivity contribution >= 4 is 12.1 Å². The molecule has 1 fully saturated rings. The van der Waals surface area contributed by atoms with Crippen molar-refractivity contribution in [2.45, 2.75) is 58.6 Å². The minimum atomic E-state index is -0.934. The predicted molar refractivity (Wildman–Crippen MR) is 67.4 cm³/mol. The van der Waals surface area contributed by atoms with Gasteiger partial charge in [0.25, 0.3) is 0 Å². The van der Waals surface area contributed by atoms with Crippen LogP contribution in [0, 0.1) is 5.92 Å². The second-order valence-electron chi connectivity index (χ2n) is 5.79. The Kier molecular flexibility index (Phi) is 4.59. The first-order chi connectivity index (χ1) is 8.26. The van der Waals surface area contributed by atoms with Crippen molar-refractivity contribution in [1.82, 2.24) is 4.90 Å². The summed E-state index contributed by atoms with van der Waals surface area (Å²) in [6.45, 7) is 7.83. The Hall–Kier alpha value is -1.26. The van der Waals surface area contributed by atoms with Crippen molar-refractivity contribution in [1.29, 1.82) is 0 Å². The van der Waals surface area contributed by atoms with Gasteiger partial charge in [0.1, 0.15) is 11.6 Å². The standard InChI is InChI=1S/C13H23NO4/c1-5-6-9-7-8-14(10(9)11(15)16)12(17)18-13(2,3)4/h9-10H,5-8H2,1-4H3,(H,15,16)/t9-,10-/m0/s1. The molecule has 1 aliphatic rings. The number of rotatable bonds is 3. The van der Waals surface area contributed by atoms with Gasteiger partial charge in [-0.2, -0.15) is 0 Å². The molecule has 1 rings (SSSR count). The van der Waals surface area contributed by atoms with Crippen LogP contribution in [0.2, 0.25) is 0 Å². The normalized spacial score (nSPS) is 24.1. The number of likely N-dealkylation sites (tertiary alicyclic amines) is 1. The number of carboxylic acids is 1. The Labute approximate surface area is 108 Å². The summed E-state index contributed by atoms with van der Waals surface area (Å²) in [7, 11) is 0. The van der Waals surface area contributed by atoms with Crippen LogP contribution in [0.15, 0.2) is 0 Å². The number of carboxylic acid groups (broad SMARTS) is 1. The quantitative estimate of drug-likeness (QED) is 0.843. The van der Waals surface area contributed by atoms with Crippen LogP contribution in [0.4, 0.5) is 4.79 Å². The van der Waals surface area contributed by atoms with E-state index in [1.165, 1.54) is 4.90 Å². The van der Waals surface area contributed by atoms with Crippen molar-refractivity contribution < 1.29 is 19.4 Å². The van der Waals surface area contributed by atoms with E-state index in [0.29, 0.717) is 6.54 Å². The molecule has 1 aliphatic heterocycles. The highest BCUT2D eigenvalue weighted by atomic mass is 16.6. The van der Waals surface area contributed by atoms with Gasteiger partial charge in [-0.15, -0.1) is 0 Å². The Balaban J connectivity index is 2.76. The monoisotopic (exact) mass is 257 g/mol. The first kappa shape index (κ1) is 14.8. The molecule has 0 saturated carbocycles. The van der Waals surface area contributed by atoms with Gasteiger partial charge in [-0.3, -0.25) is 4.90 Å². The molecule has 1 amide bonds. The number of aliphatic carboxylic acids is 1. The van der Waals surface area contributed by atoms with E-state index in [-0.39, 0.29) is 5.92 Å². The second kappa shape index (κ2) is 5.59. The topological polar surface area (TPSA) is 66.8 Å². The zero-order chi connectivity index (χ0) is 13.9. The molecule has 1 saturated heterocycles. The molecule has 0 aromatic heterocycles. The van der Waals surface area contributed by atoms with Gasteiger partial charge in [-0.25, -0.2) is 9.59 Å². The Morgan fingerprint density at radius 2 is 2.00 bits per heavy atom. The summed E-state index contributed by atoms with van der Waals surface area (Å²) in [6, 6.07) is -0.736. The van der Waals surface area contributed by atoms with Gasteiger partial charge in [0, 0.05) is 6.54 Å². The van der Waals surface area contributed by atoms with Crippen molar-refractivity contribution in [3.05, 3.63) is 0 Å². The number of hydrogen-bond donors (Lipinski definition) is 1. The molecular formula is C13H23NO4. The van der Waals surface area contributed by atoms with Gasteiger partial charge in [0.2, 0.25) is 0 Å². The molecule has 0 aliphatic carbocycles. The van der Waals surface area contributed by atoms with Crippen LogP contribution >= 0.6 is 0 Å². The second-order valence-corrected chi connectivity index (χ2v) is 5.79. The molecule has 1 heterocycles. The first-order valence-electron chi connectivity index (χ1n) is 6.48. The van der Waals surface area contributed by atoms with E-state index in [0.717, 1.165) is 19.3 Å². The van der Waals surface area contributed by atoms with Crippen LogP contribution in [0.1, 0.15) is 47.0 Å². The number of hydrogen-bond acceptors (Lipinski definition) is 3. The average Bonchev–Trinajstić information content (AvgIpc) is 2.59. The fourth-order valence-corrected chi connectivity index (χ4v) is 2.39. The van der Waals surface area contributed by atoms with Crippen LogP contribution in [0.25, 0.3) is 0 Å². The molecule has 0 unspecified atom stereocenters. The van der Waals surface area contributed by atoms with Crippen molar-refractivity contribution in [3.63, 3.8) is 0 Å². The van der Waals surface area contributed by atoms with Gasteiger partial charge in [-0.05, 0) is 39.5 Å². The molecule has 104 valence electrons. The van der Waals surface area contributed by atoms with Gasteiger partial charge < -0.3 is 9.84 Å². The number of nitrogens with zero attached hydrogens (tertiary/aromatic N) is 1. The SMILES string of the molecule is CCC[C@H]1CCN(C(=O)OC(C)(C)C)[C@@H]1C(=O)O. The third kappa shape index (κ3) is 3.62. The molecule has 1 N–H and O–H groups in total. The lowest BCUT2D eigenvalue weighted by Crippen LogP contribution is -2.45. The maximum atomic E-state index is 12.0. The van der Waals surface area contributed by atoms with Gasteiger partial charge in [0.15, 0.2) is 0 Å². The zero-order valence-electron chi connectivity index (χ0n) is 11.6. The van der Waals surface area contributed by atoms with Crippen LogP contribution in [0.3, 0.4) is 0 Å². The van der Waals surface area contributed by atoms with Gasteiger partial charge in [0.05, 0.1) is 0 Å². The summed E-state index contributed by atoms with van der Waals surface area (Å²) >= 11 is 0. The molecule has 0 radical (unpaired) electrons. The fraction of sp³-hybridized carbons (Fsp3) is 0.846. The lowest BCUT2D eigenvalue weighted by Gasteiger charge is -2.28. The summed E-state index contributed by atoms with van der Waals surface area (Å²) in [5.74, 6) is -0.892. The Morgan fingerprint density at radius 1 is 1.39 bits per heavy atom. The summed E-state index contributed by atoms with van der Waals surface area (Å²) in [5, 5.41) is 9.28. The highest BCUT2D eigenvalue weighted by Crippen LogP contribution is 2.29. The third-order valence-corrected chi connectivity index (χ3v) is 3.06. The smallest absolute Gasteiger partial charge is 0.411 e. The van der Waals surface area contributed by atoms with E-state index in [2.05, 4.69) is 0 Å². The number of carbonyl (C=O) groups excluding carboxylic acids is 1.